The van der Waals surface area contributed by atoms with E-state index < -0.39 is 0 Å². The molecule has 0 saturated heterocycles. The summed E-state index contributed by atoms with van der Waals surface area (Å²) < 4.78 is 7.25. The zero-order valence-corrected chi connectivity index (χ0v) is 12.4. The van der Waals surface area contributed by atoms with Crippen LogP contribution in [0.5, 0.6) is 11.6 Å². The van der Waals surface area contributed by atoms with Crippen molar-refractivity contribution in [1.29, 1.82) is 0 Å². The highest BCUT2D eigenvalue weighted by Crippen LogP contribution is 2.32. The van der Waals surface area contributed by atoms with Gasteiger partial charge in [-0.15, -0.1) is 0 Å². The van der Waals surface area contributed by atoms with Crippen LogP contribution in [0.1, 0.15) is 5.56 Å². The zero-order chi connectivity index (χ0) is 14.3. The van der Waals surface area contributed by atoms with E-state index in [1.807, 2.05) is 0 Å². The minimum Gasteiger partial charge on any atom is -0.438 e. The van der Waals surface area contributed by atoms with Crippen LogP contribution in [0.15, 0.2) is 24.5 Å². The third kappa shape index (κ3) is 2.28. The van der Waals surface area contributed by atoms with Crippen LogP contribution >= 0.6 is 34.8 Å². The Kier molecular flexibility index (Phi) is 3.41. The molecule has 0 amide bonds. The molecule has 1 aromatic carbocycles. The number of ether oxygens (including phenoxy) is 1. The highest BCUT2D eigenvalue weighted by molar-refractivity contribution is 6.42. The van der Waals surface area contributed by atoms with Gasteiger partial charge < -0.3 is 4.74 Å². The Morgan fingerprint density at radius 3 is 2.70 bits per heavy atom. The molecular formula is C12H7Cl3N4O. The molecule has 0 N–H and O–H groups in total. The predicted octanol–water partition coefficient (Wildman–Crippen LogP) is 4.19. The summed E-state index contributed by atoms with van der Waals surface area (Å²) in [4.78, 5) is 8.08. The Bertz CT molecular complexity index is 803. The maximum Gasteiger partial charge on any atom is 0.256 e. The van der Waals surface area contributed by atoms with Crippen molar-refractivity contribution in [2.24, 2.45) is 0 Å². The first-order chi connectivity index (χ1) is 9.56. The number of nitrogens with zero attached hydrogens (tertiary/aromatic N) is 4. The first kappa shape index (κ1) is 13.4. The average Bonchev–Trinajstić information content (AvgIpc) is 2.87. The van der Waals surface area contributed by atoms with Crippen molar-refractivity contribution in [3.05, 3.63) is 45.3 Å². The number of benzene rings is 1. The monoisotopic (exact) mass is 328 g/mol. The Morgan fingerprint density at radius 2 is 1.95 bits per heavy atom. The molecule has 0 spiro atoms. The van der Waals surface area contributed by atoms with Crippen molar-refractivity contribution in [3.63, 3.8) is 0 Å². The van der Waals surface area contributed by atoms with Gasteiger partial charge in [0, 0.05) is 11.6 Å². The van der Waals surface area contributed by atoms with Gasteiger partial charge in [-0.25, -0.2) is 0 Å². The van der Waals surface area contributed by atoms with Gasteiger partial charge in [-0.05, 0) is 19.1 Å². The van der Waals surface area contributed by atoms with Gasteiger partial charge >= 0.3 is 0 Å². The molecule has 2 heterocycles. The highest BCUT2D eigenvalue weighted by Gasteiger charge is 2.14. The fourth-order valence-corrected chi connectivity index (χ4v) is 2.09. The van der Waals surface area contributed by atoms with E-state index in [2.05, 4.69) is 15.1 Å². The molecule has 8 heteroatoms. The Morgan fingerprint density at radius 1 is 1.15 bits per heavy atom. The number of hydrogen-bond acceptors (Lipinski definition) is 4. The molecule has 0 aliphatic rings. The SMILES string of the molecule is Cc1c(Cl)nc2ncnn2c1Oc1ccc(Cl)c(Cl)c1. The maximum atomic E-state index is 6.05. The minimum absolute atomic E-state index is 0.306. The fraction of sp³-hybridized carbons (Fsp3) is 0.0833. The van der Waals surface area contributed by atoms with E-state index in [0.29, 0.717) is 38.2 Å². The number of rotatable bonds is 2. The standard InChI is InChI=1S/C12H7Cl3N4O/c1-6-10(15)18-12-16-5-17-19(12)11(6)20-7-2-3-8(13)9(14)4-7/h2-5H,1H3. The van der Waals surface area contributed by atoms with Crippen LogP contribution in [0.25, 0.3) is 5.78 Å². The summed E-state index contributed by atoms with van der Waals surface area (Å²) in [6.45, 7) is 1.78. The van der Waals surface area contributed by atoms with Gasteiger partial charge in [0.15, 0.2) is 0 Å². The van der Waals surface area contributed by atoms with Crippen molar-refractivity contribution in [1.82, 2.24) is 19.6 Å². The van der Waals surface area contributed by atoms with Crippen LogP contribution in [0.4, 0.5) is 0 Å². The van der Waals surface area contributed by atoms with Crippen molar-refractivity contribution in [2.45, 2.75) is 6.92 Å². The second-order valence-corrected chi connectivity index (χ2v) is 5.15. The third-order valence-corrected chi connectivity index (χ3v) is 3.76. The first-order valence-electron chi connectivity index (χ1n) is 5.55. The number of aromatic nitrogens is 4. The molecule has 102 valence electrons. The molecule has 0 bridgehead atoms. The van der Waals surface area contributed by atoms with Gasteiger partial charge in [0.2, 0.25) is 5.88 Å². The van der Waals surface area contributed by atoms with Gasteiger partial charge in [0.25, 0.3) is 5.78 Å². The minimum atomic E-state index is 0.306. The molecule has 3 rings (SSSR count). The summed E-state index contributed by atoms with van der Waals surface area (Å²) in [6, 6.07) is 4.96. The number of fused-ring (bicyclic) bond motifs is 1. The quantitative estimate of drug-likeness (QED) is 0.662. The van der Waals surface area contributed by atoms with Crippen LogP contribution in [-0.4, -0.2) is 19.6 Å². The molecule has 0 radical (unpaired) electrons. The largest absolute Gasteiger partial charge is 0.438 e. The number of halogens is 3. The van der Waals surface area contributed by atoms with E-state index in [-0.39, 0.29) is 0 Å². The van der Waals surface area contributed by atoms with Crippen LogP contribution < -0.4 is 4.74 Å². The molecule has 0 atom stereocenters. The van der Waals surface area contributed by atoms with Crippen molar-refractivity contribution in [2.75, 3.05) is 0 Å². The maximum absolute atomic E-state index is 6.05. The molecule has 0 fully saturated rings. The normalized spacial score (nSPS) is 11.0. The van der Waals surface area contributed by atoms with E-state index in [0.717, 1.165) is 0 Å². The van der Waals surface area contributed by atoms with Crippen LogP contribution in [0.2, 0.25) is 15.2 Å². The molecule has 20 heavy (non-hydrogen) atoms. The third-order valence-electron chi connectivity index (χ3n) is 2.66. The van der Waals surface area contributed by atoms with Crippen LogP contribution in [0.3, 0.4) is 0 Å². The van der Waals surface area contributed by atoms with Crippen molar-refractivity contribution >= 4 is 40.6 Å². The molecule has 2 aromatic heterocycles. The summed E-state index contributed by atoms with van der Waals surface area (Å²) in [6.07, 6.45) is 1.37. The van der Waals surface area contributed by atoms with Gasteiger partial charge in [0.1, 0.15) is 17.2 Å². The van der Waals surface area contributed by atoms with Crippen LogP contribution in [-0.2, 0) is 0 Å². The van der Waals surface area contributed by atoms with Gasteiger partial charge in [-0.2, -0.15) is 19.6 Å². The lowest BCUT2D eigenvalue weighted by Crippen LogP contribution is -2.01. The molecule has 0 aliphatic heterocycles. The molecular weight excluding hydrogens is 323 g/mol. The topological polar surface area (TPSA) is 52.3 Å². The number of hydrogen-bond donors (Lipinski definition) is 0. The summed E-state index contributed by atoms with van der Waals surface area (Å²) in [5.41, 5.74) is 0.649. The van der Waals surface area contributed by atoms with E-state index in [1.54, 1.807) is 25.1 Å². The Hall–Kier alpha value is -1.56. The molecule has 0 unspecified atom stereocenters. The van der Waals surface area contributed by atoms with Crippen LogP contribution in [0, 0.1) is 6.92 Å². The fourth-order valence-electron chi connectivity index (χ4n) is 1.65. The average molecular weight is 330 g/mol. The van der Waals surface area contributed by atoms with E-state index in [1.165, 1.54) is 10.8 Å². The van der Waals surface area contributed by atoms with E-state index in [9.17, 15) is 0 Å². The zero-order valence-electron chi connectivity index (χ0n) is 10.1. The molecule has 0 saturated carbocycles. The Labute approximate surface area is 129 Å². The molecule has 3 aromatic rings. The molecule has 0 aliphatic carbocycles. The lowest BCUT2D eigenvalue weighted by atomic mass is 10.3. The van der Waals surface area contributed by atoms with Gasteiger partial charge in [-0.1, -0.05) is 34.8 Å². The second kappa shape index (κ2) is 5.09. The van der Waals surface area contributed by atoms with E-state index in [4.69, 9.17) is 39.5 Å². The second-order valence-electron chi connectivity index (χ2n) is 3.98. The predicted molar refractivity (Wildman–Crippen MR) is 77.1 cm³/mol. The lowest BCUT2D eigenvalue weighted by Gasteiger charge is -2.11. The lowest BCUT2D eigenvalue weighted by molar-refractivity contribution is 0.442. The highest BCUT2D eigenvalue weighted by atomic mass is 35.5. The summed E-state index contributed by atoms with van der Waals surface area (Å²) >= 11 is 17.9. The van der Waals surface area contributed by atoms with Crippen molar-refractivity contribution < 1.29 is 4.74 Å². The van der Waals surface area contributed by atoms with Gasteiger partial charge in [-0.3, -0.25) is 0 Å². The summed E-state index contributed by atoms with van der Waals surface area (Å²) in [7, 11) is 0. The Balaban J connectivity index is 2.11. The first-order valence-corrected chi connectivity index (χ1v) is 6.68. The summed E-state index contributed by atoms with van der Waals surface area (Å²) in [5.74, 6) is 1.30. The molecule has 5 nitrogen and oxygen atoms in total. The van der Waals surface area contributed by atoms with Crippen molar-refractivity contribution in [3.8, 4) is 11.6 Å². The smallest absolute Gasteiger partial charge is 0.256 e. The summed E-state index contributed by atoms with van der Waals surface area (Å²) in [5, 5.41) is 5.22. The van der Waals surface area contributed by atoms with Gasteiger partial charge in [0.05, 0.1) is 10.0 Å². The van der Waals surface area contributed by atoms with E-state index >= 15 is 0 Å².